The number of rotatable bonds is 9. The van der Waals surface area contributed by atoms with Gasteiger partial charge in [0.25, 0.3) is 11.1 Å². The molecule has 52 heavy (non-hydrogen) atoms. The van der Waals surface area contributed by atoms with Crippen LogP contribution >= 0.6 is 23.2 Å². The Labute approximate surface area is 311 Å². The van der Waals surface area contributed by atoms with Gasteiger partial charge in [0.1, 0.15) is 23.7 Å². The number of aromatic nitrogens is 6. The normalized spacial score (nSPS) is 16.8. The van der Waals surface area contributed by atoms with Gasteiger partial charge in [-0.25, -0.2) is 9.03 Å². The minimum Gasteiger partial charge on any atom is -0.304 e. The highest BCUT2D eigenvalue weighted by molar-refractivity contribution is 6.39. The number of hydrogen-bond donors (Lipinski definition) is 0. The second-order valence-corrected chi connectivity index (χ2v) is 14.8. The molecule has 0 saturated carbocycles. The van der Waals surface area contributed by atoms with Crippen molar-refractivity contribution in [3.8, 4) is 33.4 Å². The lowest BCUT2D eigenvalue weighted by Crippen LogP contribution is -2.45. The summed E-state index contributed by atoms with van der Waals surface area (Å²) in [5.74, 6) is 0. The van der Waals surface area contributed by atoms with E-state index in [0.717, 1.165) is 98.8 Å². The summed E-state index contributed by atoms with van der Waals surface area (Å²) in [7, 11) is 4.27. The topological polar surface area (TPSA) is 91.6 Å². The van der Waals surface area contributed by atoms with Crippen LogP contribution in [0.5, 0.6) is 0 Å². The zero-order valence-corrected chi connectivity index (χ0v) is 31.0. The highest BCUT2D eigenvalue weighted by Gasteiger charge is 2.20. The van der Waals surface area contributed by atoms with Gasteiger partial charge in [0.2, 0.25) is 0 Å². The molecular weight excluding hydrogens is 699 g/mol. The molecular formula is C38H42Cl2N10O2. The van der Waals surface area contributed by atoms with E-state index in [2.05, 4.69) is 43.9 Å². The summed E-state index contributed by atoms with van der Waals surface area (Å²) in [5.41, 5.74) is 5.43. The fourth-order valence-corrected chi connectivity index (χ4v) is 7.90. The second-order valence-electron chi connectivity index (χ2n) is 14.0. The van der Waals surface area contributed by atoms with Gasteiger partial charge in [0.05, 0.1) is 10.0 Å². The van der Waals surface area contributed by atoms with Crippen LogP contribution in [0.2, 0.25) is 10.0 Å². The van der Waals surface area contributed by atoms with Gasteiger partial charge < -0.3 is 9.80 Å². The van der Waals surface area contributed by atoms with Gasteiger partial charge in [-0.05, 0) is 26.2 Å². The lowest BCUT2D eigenvalue weighted by Gasteiger charge is -2.32. The van der Waals surface area contributed by atoms with E-state index in [1.807, 2.05) is 60.9 Å². The summed E-state index contributed by atoms with van der Waals surface area (Å²) >= 11 is 14.3. The van der Waals surface area contributed by atoms with Crippen LogP contribution in [0, 0.1) is 0 Å². The molecule has 4 aromatic heterocycles. The largest absolute Gasteiger partial charge is 0.304 e. The van der Waals surface area contributed by atoms with Gasteiger partial charge in [0.15, 0.2) is 0 Å². The van der Waals surface area contributed by atoms with Gasteiger partial charge in [-0.15, -0.1) is 0 Å². The molecule has 0 unspecified atom stereocenters. The Morgan fingerprint density at radius 3 is 1.35 bits per heavy atom. The van der Waals surface area contributed by atoms with E-state index in [0.29, 0.717) is 34.2 Å². The lowest BCUT2D eigenvalue weighted by molar-refractivity contribution is 0.149. The average molecular weight is 742 g/mol. The van der Waals surface area contributed by atoms with E-state index < -0.39 is 0 Å². The standard InChI is InChI=1S/C38H42Cl2N10O2/c1-43-9-13-45(14-10-43)17-19-47-25-41-49-23-27(21-33(49)37(47)51)29-5-3-7-31(35(29)39)32-8-4-6-30(36(32)40)28-22-34-38(52)48(26-42-50(34)24-28)20-18-46-15-11-44(2)12-16-46/h3-8,21-26H,9-20H2,1-2H3. The van der Waals surface area contributed by atoms with Crippen molar-refractivity contribution >= 4 is 34.2 Å². The van der Waals surface area contributed by atoms with Crippen molar-refractivity contribution in [1.82, 2.24) is 48.0 Å². The number of benzene rings is 2. The Morgan fingerprint density at radius 1 is 0.558 bits per heavy atom. The van der Waals surface area contributed by atoms with E-state index in [1.54, 1.807) is 30.8 Å². The van der Waals surface area contributed by atoms with Crippen LogP contribution in [-0.2, 0) is 13.1 Å². The van der Waals surface area contributed by atoms with Crippen molar-refractivity contribution in [2.45, 2.75) is 13.1 Å². The first kappa shape index (κ1) is 34.8. The molecule has 6 heterocycles. The molecule has 8 rings (SSSR count). The molecule has 0 N–H and O–H groups in total. The van der Waals surface area contributed by atoms with Crippen LogP contribution in [0.1, 0.15) is 0 Å². The van der Waals surface area contributed by atoms with Crippen molar-refractivity contribution < 1.29 is 0 Å². The third-order valence-electron chi connectivity index (χ3n) is 10.6. The molecule has 6 aromatic rings. The van der Waals surface area contributed by atoms with Gasteiger partial charge in [-0.2, -0.15) is 10.2 Å². The van der Waals surface area contributed by atoms with Crippen LogP contribution in [0.4, 0.5) is 0 Å². The Morgan fingerprint density at radius 2 is 0.942 bits per heavy atom. The molecule has 0 atom stereocenters. The molecule has 2 aromatic carbocycles. The number of halogens is 2. The highest BCUT2D eigenvalue weighted by Crippen LogP contribution is 2.42. The Hall–Kier alpha value is -4.30. The Kier molecular flexibility index (Phi) is 9.77. The van der Waals surface area contributed by atoms with Crippen LogP contribution in [0.3, 0.4) is 0 Å². The maximum Gasteiger partial charge on any atom is 0.277 e. The van der Waals surface area contributed by atoms with Crippen molar-refractivity contribution in [2.75, 3.05) is 79.5 Å². The molecule has 14 heteroatoms. The monoisotopic (exact) mass is 740 g/mol. The Balaban J connectivity index is 1.05. The summed E-state index contributed by atoms with van der Waals surface area (Å²) in [4.78, 5) is 36.4. The molecule has 270 valence electrons. The molecule has 0 spiro atoms. The first-order chi connectivity index (χ1) is 25.2. The van der Waals surface area contributed by atoms with Gasteiger partial charge in [0, 0.05) is 124 Å². The second kappa shape index (κ2) is 14.6. The van der Waals surface area contributed by atoms with Gasteiger partial charge in [-0.1, -0.05) is 59.6 Å². The number of piperazine rings is 2. The van der Waals surface area contributed by atoms with Gasteiger partial charge >= 0.3 is 0 Å². The summed E-state index contributed by atoms with van der Waals surface area (Å²) < 4.78 is 6.61. The van der Waals surface area contributed by atoms with E-state index in [-0.39, 0.29) is 11.1 Å². The van der Waals surface area contributed by atoms with E-state index in [1.165, 1.54) is 0 Å². The number of nitrogens with zero attached hydrogens (tertiary/aromatic N) is 10. The molecule has 0 bridgehead atoms. The predicted octanol–water partition coefficient (Wildman–Crippen LogP) is 4.11. The maximum atomic E-state index is 13.5. The fourth-order valence-electron chi connectivity index (χ4n) is 7.23. The van der Waals surface area contributed by atoms with Crippen molar-refractivity contribution in [1.29, 1.82) is 0 Å². The summed E-state index contributed by atoms with van der Waals surface area (Å²) in [5, 5.41) is 10.1. The molecule has 12 nitrogen and oxygen atoms in total. The SMILES string of the molecule is CN1CCN(CCn2cnn3cc(-c4cccc(-c5cccc(-c6cc7c(=O)n(CCN8CCN(C)CC8)cnn7c6)c5Cl)c4Cl)cc3c2=O)CC1. The van der Waals surface area contributed by atoms with Crippen molar-refractivity contribution in [3.05, 3.63) is 104 Å². The van der Waals surface area contributed by atoms with E-state index in [9.17, 15) is 9.59 Å². The smallest absolute Gasteiger partial charge is 0.277 e. The quantitative estimate of drug-likeness (QED) is 0.219. The van der Waals surface area contributed by atoms with Crippen LogP contribution in [-0.4, -0.2) is 128 Å². The molecule has 2 aliphatic heterocycles. The molecule has 2 fully saturated rings. The first-order valence-electron chi connectivity index (χ1n) is 17.8. The first-order valence-corrected chi connectivity index (χ1v) is 18.5. The lowest BCUT2D eigenvalue weighted by atomic mass is 9.97. The van der Waals surface area contributed by atoms with Gasteiger partial charge in [-0.3, -0.25) is 28.5 Å². The fraction of sp³-hybridized carbons (Fsp3) is 0.368. The summed E-state index contributed by atoms with van der Waals surface area (Å²) in [6.07, 6.45) is 6.90. The van der Waals surface area contributed by atoms with Crippen molar-refractivity contribution in [2.24, 2.45) is 0 Å². The molecule has 2 saturated heterocycles. The molecule has 0 radical (unpaired) electrons. The average Bonchev–Trinajstić information content (AvgIpc) is 3.79. The van der Waals surface area contributed by atoms with E-state index in [4.69, 9.17) is 23.2 Å². The third kappa shape index (κ3) is 6.82. The zero-order chi connectivity index (χ0) is 35.9. The zero-order valence-electron chi connectivity index (χ0n) is 29.5. The van der Waals surface area contributed by atoms with Crippen LogP contribution < -0.4 is 11.1 Å². The van der Waals surface area contributed by atoms with Crippen LogP contribution in [0.15, 0.2) is 83.2 Å². The summed E-state index contributed by atoms with van der Waals surface area (Å²) in [6.45, 7) is 10.9. The number of fused-ring (bicyclic) bond motifs is 2. The number of hydrogen-bond acceptors (Lipinski definition) is 8. The van der Waals surface area contributed by atoms with Crippen LogP contribution in [0.25, 0.3) is 44.4 Å². The molecule has 0 aliphatic carbocycles. The minimum atomic E-state index is -0.0883. The third-order valence-corrected chi connectivity index (χ3v) is 11.4. The minimum absolute atomic E-state index is 0.0883. The highest BCUT2D eigenvalue weighted by atomic mass is 35.5. The molecule has 2 aliphatic rings. The van der Waals surface area contributed by atoms with E-state index >= 15 is 0 Å². The Bertz CT molecular complexity index is 2200. The molecule has 0 amide bonds. The number of likely N-dealkylation sites (N-methyl/N-ethyl adjacent to an activating group) is 2. The van der Waals surface area contributed by atoms with Crippen molar-refractivity contribution in [3.63, 3.8) is 0 Å². The predicted molar refractivity (Wildman–Crippen MR) is 207 cm³/mol. The summed E-state index contributed by atoms with van der Waals surface area (Å²) in [6, 6.07) is 15.3. The maximum absolute atomic E-state index is 13.5.